The smallest absolute Gasteiger partial charge is 0.247 e. The van der Waals surface area contributed by atoms with Crippen LogP contribution in [0, 0.1) is 0 Å². The third-order valence-electron chi connectivity index (χ3n) is 2.92. The topological polar surface area (TPSA) is 70.2 Å². The molecule has 5 nitrogen and oxygen atoms in total. The number of anilines is 2. The van der Waals surface area contributed by atoms with Gasteiger partial charge < -0.3 is 16.0 Å². The van der Waals surface area contributed by atoms with Crippen molar-refractivity contribution in [2.24, 2.45) is 0 Å². The lowest BCUT2D eigenvalue weighted by molar-refractivity contribution is -0.122. The molecule has 0 saturated carbocycles. The van der Waals surface area contributed by atoms with Gasteiger partial charge in [-0.05, 0) is 31.5 Å². The third kappa shape index (κ3) is 3.47. The molecule has 19 heavy (non-hydrogen) atoms. The molecular weight excluding hydrogens is 310 g/mol. The SMILES string of the molecule is CCNc1ccc(Br)cc1NC(=O)[C@H]1CCC(=O)N1. The van der Waals surface area contributed by atoms with Gasteiger partial charge in [-0.3, -0.25) is 9.59 Å². The van der Waals surface area contributed by atoms with Crippen molar-refractivity contribution in [3.63, 3.8) is 0 Å². The maximum absolute atomic E-state index is 12.1. The number of nitrogens with one attached hydrogen (secondary N) is 3. The summed E-state index contributed by atoms with van der Waals surface area (Å²) in [7, 11) is 0. The van der Waals surface area contributed by atoms with Crippen molar-refractivity contribution < 1.29 is 9.59 Å². The highest BCUT2D eigenvalue weighted by Crippen LogP contribution is 2.26. The van der Waals surface area contributed by atoms with Gasteiger partial charge in [-0.15, -0.1) is 0 Å². The molecule has 0 bridgehead atoms. The first kappa shape index (κ1) is 13.9. The summed E-state index contributed by atoms with van der Waals surface area (Å²) in [6.45, 7) is 2.76. The number of amides is 2. The lowest BCUT2D eigenvalue weighted by Crippen LogP contribution is -2.37. The zero-order chi connectivity index (χ0) is 13.8. The second-order valence-electron chi connectivity index (χ2n) is 4.37. The predicted molar refractivity (Wildman–Crippen MR) is 78.1 cm³/mol. The molecule has 0 aromatic heterocycles. The molecule has 1 aromatic carbocycles. The maximum Gasteiger partial charge on any atom is 0.247 e. The predicted octanol–water partition coefficient (Wildman–Crippen LogP) is 2.10. The van der Waals surface area contributed by atoms with E-state index in [9.17, 15) is 9.59 Å². The Balaban J connectivity index is 2.11. The van der Waals surface area contributed by atoms with E-state index in [1.165, 1.54) is 0 Å². The van der Waals surface area contributed by atoms with Gasteiger partial charge in [0.15, 0.2) is 0 Å². The van der Waals surface area contributed by atoms with E-state index in [4.69, 9.17) is 0 Å². The van der Waals surface area contributed by atoms with Crippen LogP contribution in [-0.2, 0) is 9.59 Å². The Morgan fingerprint density at radius 1 is 1.47 bits per heavy atom. The van der Waals surface area contributed by atoms with E-state index in [0.717, 1.165) is 16.7 Å². The molecule has 0 aliphatic carbocycles. The lowest BCUT2D eigenvalue weighted by atomic mass is 10.2. The Morgan fingerprint density at radius 2 is 2.26 bits per heavy atom. The molecule has 2 rings (SSSR count). The molecule has 0 spiro atoms. The van der Waals surface area contributed by atoms with Crippen LogP contribution in [0.3, 0.4) is 0 Å². The summed E-state index contributed by atoms with van der Waals surface area (Å²) in [5.41, 5.74) is 1.57. The van der Waals surface area contributed by atoms with Gasteiger partial charge in [0.05, 0.1) is 11.4 Å². The van der Waals surface area contributed by atoms with Gasteiger partial charge >= 0.3 is 0 Å². The Bertz CT molecular complexity index is 505. The van der Waals surface area contributed by atoms with Gasteiger partial charge in [-0.25, -0.2) is 0 Å². The fourth-order valence-corrected chi connectivity index (χ4v) is 2.36. The highest BCUT2D eigenvalue weighted by molar-refractivity contribution is 9.10. The van der Waals surface area contributed by atoms with Crippen LogP contribution in [0.15, 0.2) is 22.7 Å². The van der Waals surface area contributed by atoms with Crippen LogP contribution in [0.5, 0.6) is 0 Å². The van der Waals surface area contributed by atoms with Crippen LogP contribution in [0.4, 0.5) is 11.4 Å². The van der Waals surface area contributed by atoms with Gasteiger partial charge in [0, 0.05) is 17.4 Å². The van der Waals surface area contributed by atoms with Crippen molar-refractivity contribution in [3.05, 3.63) is 22.7 Å². The van der Waals surface area contributed by atoms with E-state index < -0.39 is 6.04 Å². The quantitative estimate of drug-likeness (QED) is 0.794. The molecule has 1 aliphatic rings. The van der Waals surface area contributed by atoms with Gasteiger partial charge in [0.2, 0.25) is 11.8 Å². The van der Waals surface area contributed by atoms with Crippen molar-refractivity contribution >= 4 is 39.1 Å². The van der Waals surface area contributed by atoms with Crippen LogP contribution >= 0.6 is 15.9 Å². The minimum absolute atomic E-state index is 0.0682. The van der Waals surface area contributed by atoms with E-state index in [1.54, 1.807) is 0 Å². The van der Waals surface area contributed by atoms with E-state index in [-0.39, 0.29) is 11.8 Å². The number of carbonyl (C=O) groups excluding carboxylic acids is 2. The molecule has 1 aliphatic heterocycles. The molecule has 1 atom stereocenters. The van der Waals surface area contributed by atoms with Gasteiger partial charge in [0.25, 0.3) is 0 Å². The minimum Gasteiger partial charge on any atom is -0.384 e. The number of benzene rings is 1. The minimum atomic E-state index is -0.430. The lowest BCUT2D eigenvalue weighted by Gasteiger charge is -2.15. The summed E-state index contributed by atoms with van der Waals surface area (Å²) in [5.74, 6) is -0.246. The molecule has 1 fully saturated rings. The van der Waals surface area contributed by atoms with Gasteiger partial charge in [-0.2, -0.15) is 0 Å². The van der Waals surface area contributed by atoms with Gasteiger partial charge in [-0.1, -0.05) is 15.9 Å². The molecule has 2 amide bonds. The molecule has 0 radical (unpaired) electrons. The Hall–Kier alpha value is -1.56. The van der Waals surface area contributed by atoms with Crippen molar-refractivity contribution in [2.45, 2.75) is 25.8 Å². The highest BCUT2D eigenvalue weighted by Gasteiger charge is 2.27. The second-order valence-corrected chi connectivity index (χ2v) is 5.28. The van der Waals surface area contributed by atoms with E-state index in [2.05, 4.69) is 31.9 Å². The largest absolute Gasteiger partial charge is 0.384 e. The molecule has 1 heterocycles. The molecule has 0 unspecified atom stereocenters. The van der Waals surface area contributed by atoms with Crippen LogP contribution in [0.1, 0.15) is 19.8 Å². The molecule has 1 saturated heterocycles. The summed E-state index contributed by atoms with van der Waals surface area (Å²) in [6, 6.07) is 5.22. The second kappa shape index (κ2) is 6.06. The normalized spacial score (nSPS) is 18.0. The number of hydrogen-bond acceptors (Lipinski definition) is 3. The summed E-state index contributed by atoms with van der Waals surface area (Å²) < 4.78 is 0.889. The fourth-order valence-electron chi connectivity index (χ4n) is 2.00. The Morgan fingerprint density at radius 3 is 2.89 bits per heavy atom. The molecule has 1 aromatic rings. The summed E-state index contributed by atoms with van der Waals surface area (Å²) >= 11 is 3.38. The monoisotopic (exact) mass is 325 g/mol. The maximum atomic E-state index is 12.1. The number of rotatable bonds is 4. The highest BCUT2D eigenvalue weighted by atomic mass is 79.9. The third-order valence-corrected chi connectivity index (χ3v) is 3.41. The number of hydrogen-bond donors (Lipinski definition) is 3. The van der Waals surface area contributed by atoms with E-state index in [1.807, 2.05) is 25.1 Å². The number of carbonyl (C=O) groups is 2. The molecule has 6 heteroatoms. The van der Waals surface area contributed by atoms with Gasteiger partial charge in [0.1, 0.15) is 6.04 Å². The van der Waals surface area contributed by atoms with Crippen molar-refractivity contribution in [3.8, 4) is 0 Å². The molecule has 102 valence electrons. The Labute approximate surface area is 120 Å². The zero-order valence-electron chi connectivity index (χ0n) is 10.6. The van der Waals surface area contributed by atoms with E-state index in [0.29, 0.717) is 18.5 Å². The number of halogens is 1. The average molecular weight is 326 g/mol. The van der Waals surface area contributed by atoms with Crippen LogP contribution in [0.25, 0.3) is 0 Å². The van der Waals surface area contributed by atoms with E-state index >= 15 is 0 Å². The first-order chi connectivity index (χ1) is 9.10. The summed E-state index contributed by atoms with van der Waals surface area (Å²) in [5, 5.41) is 8.69. The van der Waals surface area contributed by atoms with Crippen LogP contribution < -0.4 is 16.0 Å². The van der Waals surface area contributed by atoms with Crippen LogP contribution in [-0.4, -0.2) is 24.4 Å². The molecule has 3 N–H and O–H groups in total. The average Bonchev–Trinajstić information content (AvgIpc) is 2.80. The Kier molecular flexibility index (Phi) is 4.42. The molecular formula is C13H16BrN3O2. The first-order valence-electron chi connectivity index (χ1n) is 6.24. The van der Waals surface area contributed by atoms with Crippen molar-refractivity contribution in [1.82, 2.24) is 5.32 Å². The van der Waals surface area contributed by atoms with Crippen LogP contribution in [0.2, 0.25) is 0 Å². The summed E-state index contributed by atoms with van der Waals surface area (Å²) in [4.78, 5) is 23.2. The summed E-state index contributed by atoms with van der Waals surface area (Å²) in [6.07, 6.45) is 0.964. The van der Waals surface area contributed by atoms with Crippen molar-refractivity contribution in [2.75, 3.05) is 17.2 Å². The zero-order valence-corrected chi connectivity index (χ0v) is 12.2. The standard InChI is InChI=1S/C13H16BrN3O2/c1-2-15-9-4-3-8(14)7-11(9)17-13(19)10-5-6-12(18)16-10/h3-4,7,10,15H,2,5-6H2,1H3,(H,16,18)(H,17,19)/t10-/m1/s1. The fraction of sp³-hybridized carbons (Fsp3) is 0.385. The van der Waals surface area contributed by atoms with Crippen molar-refractivity contribution in [1.29, 1.82) is 0 Å². The first-order valence-corrected chi connectivity index (χ1v) is 7.03.